The molecule has 0 amide bonds. The van der Waals surface area contributed by atoms with Crippen molar-refractivity contribution < 1.29 is 9.47 Å². The molecule has 0 fully saturated rings. The number of hydrogen-bond donors (Lipinski definition) is 1. The highest BCUT2D eigenvalue weighted by Gasteiger charge is 2.13. The first-order chi connectivity index (χ1) is 10.4. The van der Waals surface area contributed by atoms with Gasteiger partial charge in [-0.05, 0) is 29.8 Å². The molecule has 1 aliphatic heterocycles. The maximum Gasteiger partial charge on any atom is 0.231 e. The number of nitrogens with zero attached hydrogens (tertiary/aromatic N) is 2. The van der Waals surface area contributed by atoms with E-state index >= 15 is 0 Å². The molecule has 4 rings (SSSR count). The molecular weight excluding hydrogens is 266 g/mol. The normalized spacial score (nSPS) is 12.6. The Kier molecular flexibility index (Phi) is 2.81. The summed E-state index contributed by atoms with van der Waals surface area (Å²) in [6, 6.07) is 9.85. The van der Waals surface area contributed by atoms with Crippen molar-refractivity contribution in [3.63, 3.8) is 0 Å². The van der Waals surface area contributed by atoms with Crippen LogP contribution in [0, 0.1) is 0 Å². The number of hydrogen-bond acceptors (Lipinski definition) is 5. The second-order valence-electron chi connectivity index (χ2n) is 4.80. The molecule has 3 heterocycles. The SMILES string of the molecule is c1cnc2c(NCc3ccc4c(c3)OCO4)cncc2c1. The molecule has 0 spiro atoms. The first kappa shape index (κ1) is 12.0. The molecule has 0 atom stereocenters. The van der Waals surface area contributed by atoms with Gasteiger partial charge in [-0.2, -0.15) is 0 Å². The topological polar surface area (TPSA) is 56.3 Å². The van der Waals surface area contributed by atoms with Crippen LogP contribution in [-0.2, 0) is 6.54 Å². The Hall–Kier alpha value is -2.82. The number of fused-ring (bicyclic) bond motifs is 2. The van der Waals surface area contributed by atoms with Crippen molar-refractivity contribution in [3.05, 3.63) is 54.5 Å². The lowest BCUT2D eigenvalue weighted by Gasteiger charge is -2.09. The van der Waals surface area contributed by atoms with Crippen LogP contribution in [0.15, 0.2) is 48.9 Å². The highest BCUT2D eigenvalue weighted by molar-refractivity contribution is 5.88. The average molecular weight is 279 g/mol. The van der Waals surface area contributed by atoms with E-state index in [-0.39, 0.29) is 0 Å². The molecule has 21 heavy (non-hydrogen) atoms. The zero-order valence-electron chi connectivity index (χ0n) is 11.2. The van der Waals surface area contributed by atoms with E-state index in [1.807, 2.05) is 36.5 Å². The summed E-state index contributed by atoms with van der Waals surface area (Å²) in [5.74, 6) is 1.59. The van der Waals surface area contributed by atoms with Gasteiger partial charge < -0.3 is 14.8 Å². The minimum atomic E-state index is 0.295. The van der Waals surface area contributed by atoms with Gasteiger partial charge in [-0.3, -0.25) is 9.97 Å². The van der Waals surface area contributed by atoms with Crippen molar-refractivity contribution in [2.45, 2.75) is 6.54 Å². The van der Waals surface area contributed by atoms with Gasteiger partial charge in [-0.25, -0.2) is 0 Å². The van der Waals surface area contributed by atoms with Gasteiger partial charge in [0.1, 0.15) is 0 Å². The van der Waals surface area contributed by atoms with Gasteiger partial charge in [0.15, 0.2) is 11.5 Å². The number of nitrogens with one attached hydrogen (secondary N) is 1. The molecule has 0 aliphatic carbocycles. The lowest BCUT2D eigenvalue weighted by molar-refractivity contribution is 0.174. The summed E-state index contributed by atoms with van der Waals surface area (Å²) in [5.41, 5.74) is 2.96. The molecule has 5 nitrogen and oxygen atoms in total. The van der Waals surface area contributed by atoms with Crippen LogP contribution in [-0.4, -0.2) is 16.8 Å². The zero-order valence-corrected chi connectivity index (χ0v) is 11.2. The summed E-state index contributed by atoms with van der Waals surface area (Å²) in [5, 5.41) is 4.40. The smallest absolute Gasteiger partial charge is 0.231 e. The third-order valence-electron chi connectivity index (χ3n) is 3.43. The minimum absolute atomic E-state index is 0.295. The number of rotatable bonds is 3. The maximum absolute atomic E-state index is 5.39. The fourth-order valence-electron chi connectivity index (χ4n) is 2.38. The van der Waals surface area contributed by atoms with Gasteiger partial charge in [0.2, 0.25) is 6.79 Å². The monoisotopic (exact) mass is 279 g/mol. The molecule has 5 heteroatoms. The quantitative estimate of drug-likeness (QED) is 0.798. The average Bonchev–Trinajstić information content (AvgIpc) is 3.00. The van der Waals surface area contributed by atoms with E-state index in [0.717, 1.165) is 33.7 Å². The van der Waals surface area contributed by atoms with Crippen molar-refractivity contribution >= 4 is 16.6 Å². The summed E-state index contributed by atoms with van der Waals surface area (Å²) in [6.45, 7) is 0.970. The van der Waals surface area contributed by atoms with E-state index in [1.165, 1.54) is 0 Å². The van der Waals surface area contributed by atoms with Gasteiger partial charge in [-0.15, -0.1) is 0 Å². The van der Waals surface area contributed by atoms with Crippen LogP contribution in [0.25, 0.3) is 10.9 Å². The molecule has 0 saturated heterocycles. The second kappa shape index (κ2) is 4.94. The molecule has 0 radical (unpaired) electrons. The lowest BCUT2D eigenvalue weighted by Crippen LogP contribution is -2.01. The molecule has 104 valence electrons. The first-order valence-electron chi connectivity index (χ1n) is 6.71. The molecule has 1 N–H and O–H groups in total. The van der Waals surface area contributed by atoms with Crippen LogP contribution in [0.1, 0.15) is 5.56 Å². The molecule has 1 aliphatic rings. The van der Waals surface area contributed by atoms with E-state index in [9.17, 15) is 0 Å². The molecule has 0 unspecified atom stereocenters. The van der Waals surface area contributed by atoms with Crippen molar-refractivity contribution in [1.82, 2.24) is 9.97 Å². The Morgan fingerprint density at radius 1 is 1.10 bits per heavy atom. The molecular formula is C16H13N3O2. The number of ether oxygens (including phenoxy) is 2. The third kappa shape index (κ3) is 2.23. The van der Waals surface area contributed by atoms with Crippen LogP contribution in [0.3, 0.4) is 0 Å². The number of aromatic nitrogens is 2. The Morgan fingerprint density at radius 2 is 2.05 bits per heavy atom. The number of benzene rings is 1. The number of anilines is 1. The van der Waals surface area contributed by atoms with Gasteiger partial charge >= 0.3 is 0 Å². The van der Waals surface area contributed by atoms with E-state index in [2.05, 4.69) is 15.3 Å². The lowest BCUT2D eigenvalue weighted by atomic mass is 10.2. The summed E-state index contributed by atoms with van der Waals surface area (Å²) in [6.07, 6.45) is 5.39. The molecule has 2 aromatic heterocycles. The van der Waals surface area contributed by atoms with Crippen LogP contribution >= 0.6 is 0 Å². The van der Waals surface area contributed by atoms with Crippen molar-refractivity contribution in [2.75, 3.05) is 12.1 Å². The third-order valence-corrected chi connectivity index (χ3v) is 3.43. The van der Waals surface area contributed by atoms with Gasteiger partial charge in [-0.1, -0.05) is 6.07 Å². The molecule has 3 aromatic rings. The summed E-state index contributed by atoms with van der Waals surface area (Å²) in [4.78, 5) is 8.64. The van der Waals surface area contributed by atoms with Crippen LogP contribution < -0.4 is 14.8 Å². The Balaban J connectivity index is 1.58. The Labute approximate surface area is 121 Å². The zero-order chi connectivity index (χ0) is 14.1. The van der Waals surface area contributed by atoms with Gasteiger partial charge in [0.05, 0.1) is 17.4 Å². The van der Waals surface area contributed by atoms with E-state index < -0.39 is 0 Å². The summed E-state index contributed by atoms with van der Waals surface area (Å²) >= 11 is 0. The van der Waals surface area contributed by atoms with Crippen LogP contribution in [0.4, 0.5) is 5.69 Å². The summed E-state index contributed by atoms with van der Waals surface area (Å²) < 4.78 is 10.7. The van der Waals surface area contributed by atoms with Crippen LogP contribution in [0.2, 0.25) is 0 Å². The van der Waals surface area contributed by atoms with Crippen molar-refractivity contribution in [3.8, 4) is 11.5 Å². The van der Waals surface area contributed by atoms with E-state index in [1.54, 1.807) is 12.4 Å². The highest BCUT2D eigenvalue weighted by atomic mass is 16.7. The van der Waals surface area contributed by atoms with E-state index in [0.29, 0.717) is 13.3 Å². The van der Waals surface area contributed by atoms with Gasteiger partial charge in [0.25, 0.3) is 0 Å². The fourth-order valence-corrected chi connectivity index (χ4v) is 2.38. The summed E-state index contributed by atoms with van der Waals surface area (Å²) in [7, 11) is 0. The molecule has 1 aromatic carbocycles. The highest BCUT2D eigenvalue weighted by Crippen LogP contribution is 2.32. The van der Waals surface area contributed by atoms with E-state index in [4.69, 9.17) is 9.47 Å². The number of pyridine rings is 2. The van der Waals surface area contributed by atoms with Crippen molar-refractivity contribution in [1.29, 1.82) is 0 Å². The second-order valence-corrected chi connectivity index (χ2v) is 4.80. The Bertz CT molecular complexity index is 799. The fraction of sp³-hybridized carbons (Fsp3) is 0.125. The molecule has 0 bridgehead atoms. The Morgan fingerprint density at radius 3 is 3.05 bits per heavy atom. The largest absolute Gasteiger partial charge is 0.454 e. The predicted octanol–water partition coefficient (Wildman–Crippen LogP) is 2.97. The maximum atomic E-state index is 5.39. The standard InChI is InChI=1S/C16H13N3O2/c1-2-12-8-17-9-13(16(12)18-5-1)19-7-11-3-4-14-15(6-11)21-10-20-14/h1-6,8-9,19H,7,10H2. The molecule has 0 saturated carbocycles. The predicted molar refractivity (Wildman–Crippen MR) is 79.4 cm³/mol. The first-order valence-corrected chi connectivity index (χ1v) is 6.71. The van der Waals surface area contributed by atoms with Crippen LogP contribution in [0.5, 0.6) is 11.5 Å². The minimum Gasteiger partial charge on any atom is -0.454 e. The van der Waals surface area contributed by atoms with Crippen molar-refractivity contribution in [2.24, 2.45) is 0 Å². The van der Waals surface area contributed by atoms with Gasteiger partial charge in [0, 0.05) is 24.3 Å².